The summed E-state index contributed by atoms with van der Waals surface area (Å²) in [6.07, 6.45) is 1.55. The Morgan fingerprint density at radius 2 is 1.85 bits per heavy atom. The van der Waals surface area contributed by atoms with E-state index in [0.29, 0.717) is 21.5 Å². The number of rotatable bonds is 7. The highest BCUT2D eigenvalue weighted by Gasteiger charge is 2.26. The molecule has 2 aromatic carbocycles. The molecule has 0 aliphatic rings. The molecule has 0 fully saturated rings. The van der Waals surface area contributed by atoms with Crippen molar-refractivity contribution < 1.29 is 17.6 Å². The third-order valence-corrected chi connectivity index (χ3v) is 9.11. The van der Waals surface area contributed by atoms with Gasteiger partial charge in [0.2, 0.25) is 10.0 Å². The molecule has 0 aliphatic heterocycles. The van der Waals surface area contributed by atoms with E-state index in [4.69, 9.17) is 21.0 Å². The van der Waals surface area contributed by atoms with Crippen molar-refractivity contribution in [3.8, 4) is 0 Å². The molecule has 0 N–H and O–H groups in total. The zero-order valence-corrected chi connectivity index (χ0v) is 21.5. The summed E-state index contributed by atoms with van der Waals surface area (Å²) in [5, 5.41) is 1.11. The Bertz CT molecular complexity index is 1430. The number of hydrogen-bond acceptors (Lipinski definition) is 6. The number of benzene rings is 2. The lowest BCUT2D eigenvalue weighted by Crippen LogP contribution is -2.33. The fourth-order valence-electron chi connectivity index (χ4n) is 3.36. The van der Waals surface area contributed by atoms with Gasteiger partial charge in [-0.2, -0.15) is 4.31 Å². The van der Waals surface area contributed by atoms with Crippen molar-refractivity contribution in [1.82, 2.24) is 9.29 Å². The molecule has 0 atom stereocenters. The van der Waals surface area contributed by atoms with Crippen molar-refractivity contribution in [3.05, 3.63) is 76.7 Å². The summed E-state index contributed by atoms with van der Waals surface area (Å²) in [5.74, 6) is 0.278. The second-order valence-corrected chi connectivity index (χ2v) is 11.5. The first-order valence-electron chi connectivity index (χ1n) is 10.6. The highest BCUT2D eigenvalue weighted by molar-refractivity contribution is 7.89. The summed E-state index contributed by atoms with van der Waals surface area (Å²) in [4.78, 5) is 19.9. The lowest BCUT2D eigenvalue weighted by molar-refractivity contribution is 0.0983. The summed E-state index contributed by atoms with van der Waals surface area (Å²) < 4.78 is 33.2. The molecule has 4 aromatic rings. The molecular weight excluding hydrogens is 494 g/mol. The van der Waals surface area contributed by atoms with E-state index < -0.39 is 10.0 Å². The molecular formula is C24H24ClN3O4S2. The molecule has 0 spiro atoms. The van der Waals surface area contributed by atoms with Crippen LogP contribution in [0.4, 0.5) is 5.13 Å². The summed E-state index contributed by atoms with van der Waals surface area (Å²) in [6.45, 7) is 5.67. The molecule has 178 valence electrons. The van der Waals surface area contributed by atoms with Crippen molar-refractivity contribution in [2.45, 2.75) is 38.3 Å². The summed E-state index contributed by atoms with van der Waals surface area (Å²) in [5.41, 5.74) is 1.92. The van der Waals surface area contributed by atoms with Gasteiger partial charge in [0.05, 0.1) is 27.9 Å². The van der Waals surface area contributed by atoms with E-state index in [1.807, 2.05) is 19.1 Å². The van der Waals surface area contributed by atoms with Gasteiger partial charge < -0.3 is 4.42 Å². The first kappa shape index (κ1) is 24.4. The third kappa shape index (κ3) is 4.61. The van der Waals surface area contributed by atoms with Gasteiger partial charge >= 0.3 is 0 Å². The number of nitrogens with zero attached hydrogens (tertiary/aromatic N) is 3. The lowest BCUT2D eigenvalue weighted by atomic mass is 10.2. The summed E-state index contributed by atoms with van der Waals surface area (Å²) >= 11 is 7.64. The number of thiazole rings is 1. The van der Waals surface area contributed by atoms with Crippen LogP contribution in [0.25, 0.3) is 10.2 Å². The zero-order chi connectivity index (χ0) is 24.6. The number of aromatic nitrogens is 1. The summed E-state index contributed by atoms with van der Waals surface area (Å²) in [6, 6.07) is 13.0. The van der Waals surface area contributed by atoms with Gasteiger partial charge in [0.1, 0.15) is 5.76 Å². The van der Waals surface area contributed by atoms with E-state index in [-0.39, 0.29) is 23.4 Å². The largest absolute Gasteiger partial charge is 0.467 e. The molecule has 10 heteroatoms. The van der Waals surface area contributed by atoms with Gasteiger partial charge in [0, 0.05) is 23.7 Å². The van der Waals surface area contributed by atoms with Crippen LogP contribution in [0.3, 0.4) is 0 Å². The smallest absolute Gasteiger partial charge is 0.260 e. The van der Waals surface area contributed by atoms with E-state index in [2.05, 4.69) is 0 Å². The third-order valence-electron chi connectivity index (χ3n) is 5.61. The van der Waals surface area contributed by atoms with Gasteiger partial charge in [0.25, 0.3) is 5.91 Å². The molecule has 2 heterocycles. The minimum Gasteiger partial charge on any atom is -0.467 e. The maximum absolute atomic E-state index is 13.6. The second kappa shape index (κ2) is 9.50. The normalized spacial score (nSPS) is 12.1. The zero-order valence-electron chi connectivity index (χ0n) is 19.1. The Balaban J connectivity index is 1.71. The monoisotopic (exact) mass is 517 g/mol. The number of carbonyl (C=O) groups is 1. The minimum atomic E-state index is -3.65. The van der Waals surface area contributed by atoms with Crippen LogP contribution < -0.4 is 4.90 Å². The Labute approximate surface area is 207 Å². The number of fused-ring (bicyclic) bond motifs is 1. The average molecular weight is 518 g/mol. The highest BCUT2D eigenvalue weighted by atomic mass is 35.5. The topological polar surface area (TPSA) is 83.7 Å². The molecule has 34 heavy (non-hydrogen) atoms. The number of carbonyl (C=O) groups excluding carboxylic acids is 1. The number of sulfonamides is 1. The van der Waals surface area contributed by atoms with Gasteiger partial charge in [-0.25, -0.2) is 13.4 Å². The van der Waals surface area contributed by atoms with Gasteiger partial charge in [-0.1, -0.05) is 22.9 Å². The molecule has 0 unspecified atom stereocenters. The number of anilines is 1. The van der Waals surface area contributed by atoms with E-state index in [1.54, 1.807) is 32.2 Å². The predicted molar refractivity (Wildman–Crippen MR) is 135 cm³/mol. The Kier molecular flexibility index (Phi) is 6.82. The maximum Gasteiger partial charge on any atom is 0.260 e. The van der Waals surface area contributed by atoms with Crippen LogP contribution in [0.1, 0.15) is 35.5 Å². The Hall–Kier alpha value is -2.72. The molecule has 0 saturated carbocycles. The van der Waals surface area contributed by atoms with Crippen LogP contribution in [-0.4, -0.2) is 36.7 Å². The maximum atomic E-state index is 13.6. The van der Waals surface area contributed by atoms with Crippen LogP contribution in [0.15, 0.2) is 64.1 Å². The van der Waals surface area contributed by atoms with Gasteiger partial charge in [-0.15, -0.1) is 0 Å². The standard InChI is InChI=1S/C24H24ClN3O4S2/c1-15(2)27(4)34(30,31)19-9-7-17(8-10-19)23(29)28(14-18-6-5-13-32-18)24-26-22-16(3)20(25)11-12-21(22)33-24/h5-13,15H,14H2,1-4H3. The van der Waals surface area contributed by atoms with Crippen molar-refractivity contribution in [3.63, 3.8) is 0 Å². The Morgan fingerprint density at radius 1 is 1.15 bits per heavy atom. The van der Waals surface area contributed by atoms with E-state index in [1.165, 1.54) is 51.9 Å². The summed E-state index contributed by atoms with van der Waals surface area (Å²) in [7, 11) is -2.12. The molecule has 4 rings (SSSR count). The molecule has 1 amide bonds. The number of aryl methyl sites for hydroxylation is 1. The number of halogens is 1. The quantitative estimate of drug-likeness (QED) is 0.312. The molecule has 0 radical (unpaired) electrons. The lowest BCUT2D eigenvalue weighted by Gasteiger charge is -2.21. The van der Waals surface area contributed by atoms with Gasteiger partial charge in [-0.3, -0.25) is 9.69 Å². The van der Waals surface area contributed by atoms with Crippen LogP contribution in [0.2, 0.25) is 5.02 Å². The molecule has 0 bridgehead atoms. The van der Waals surface area contributed by atoms with Gasteiger partial charge in [0.15, 0.2) is 5.13 Å². The van der Waals surface area contributed by atoms with Crippen LogP contribution in [0.5, 0.6) is 0 Å². The van der Waals surface area contributed by atoms with Crippen molar-refractivity contribution >= 4 is 54.2 Å². The molecule has 7 nitrogen and oxygen atoms in total. The van der Waals surface area contributed by atoms with Crippen LogP contribution >= 0.6 is 22.9 Å². The fraction of sp³-hybridized carbons (Fsp3) is 0.250. The van der Waals surface area contributed by atoms with E-state index in [9.17, 15) is 13.2 Å². The molecule has 0 aliphatic carbocycles. The Morgan fingerprint density at radius 3 is 2.47 bits per heavy atom. The van der Waals surface area contributed by atoms with Crippen LogP contribution in [-0.2, 0) is 16.6 Å². The molecule has 2 aromatic heterocycles. The van der Waals surface area contributed by atoms with Crippen molar-refractivity contribution in [2.75, 3.05) is 11.9 Å². The fourth-order valence-corrected chi connectivity index (χ4v) is 5.90. The predicted octanol–water partition coefficient (Wildman–Crippen LogP) is 5.73. The first-order valence-corrected chi connectivity index (χ1v) is 13.2. The number of hydrogen-bond donors (Lipinski definition) is 0. The van der Waals surface area contributed by atoms with Crippen molar-refractivity contribution in [1.29, 1.82) is 0 Å². The highest BCUT2D eigenvalue weighted by Crippen LogP contribution is 2.35. The molecule has 0 saturated heterocycles. The minimum absolute atomic E-state index is 0.128. The van der Waals surface area contributed by atoms with Crippen molar-refractivity contribution in [2.24, 2.45) is 0 Å². The van der Waals surface area contributed by atoms with E-state index >= 15 is 0 Å². The number of amides is 1. The first-order chi connectivity index (χ1) is 16.1. The van der Waals surface area contributed by atoms with Crippen LogP contribution in [0, 0.1) is 6.92 Å². The van der Waals surface area contributed by atoms with Gasteiger partial charge in [-0.05, 0) is 74.9 Å². The average Bonchev–Trinajstić information content (AvgIpc) is 3.49. The second-order valence-electron chi connectivity index (χ2n) is 8.13. The SMILES string of the molecule is Cc1c(Cl)ccc2sc(N(Cc3ccco3)C(=O)c3ccc(S(=O)(=O)N(C)C(C)C)cc3)nc12. The van der Waals surface area contributed by atoms with E-state index in [0.717, 1.165) is 15.8 Å². The number of furan rings is 1.